The minimum Gasteiger partial charge on any atom is -0.378 e. The van der Waals surface area contributed by atoms with Crippen LogP contribution in [0.25, 0.3) is 0 Å². The monoisotopic (exact) mass is 220 g/mol. The lowest BCUT2D eigenvalue weighted by Crippen LogP contribution is -2.06. The summed E-state index contributed by atoms with van der Waals surface area (Å²) in [5.74, 6) is 1.43. The fourth-order valence-corrected chi connectivity index (χ4v) is 1.38. The Morgan fingerprint density at radius 1 is 1.38 bits per heavy atom. The van der Waals surface area contributed by atoms with Crippen molar-refractivity contribution in [2.45, 2.75) is 13.5 Å². The van der Waals surface area contributed by atoms with E-state index >= 15 is 0 Å². The molecular weight excluding hydrogens is 207 g/mol. The molecule has 0 unspecified atom stereocenters. The molecule has 0 radical (unpaired) electrons. The topological polar surface area (TPSA) is 42.7 Å². The van der Waals surface area contributed by atoms with E-state index in [-0.39, 0.29) is 5.82 Å². The van der Waals surface area contributed by atoms with E-state index in [1.165, 1.54) is 12.1 Å². The maximum absolute atomic E-state index is 12.9. The van der Waals surface area contributed by atoms with Crippen LogP contribution in [0.2, 0.25) is 0 Å². The summed E-state index contributed by atoms with van der Waals surface area (Å²) in [6, 6.07) is 6.34. The molecule has 5 heteroatoms. The maximum atomic E-state index is 12.9. The van der Waals surface area contributed by atoms with Gasteiger partial charge in [-0.05, 0) is 25.1 Å². The third kappa shape index (κ3) is 2.18. The summed E-state index contributed by atoms with van der Waals surface area (Å²) in [5.41, 5.74) is 0.737. The first-order chi connectivity index (χ1) is 7.66. The Kier molecular flexibility index (Phi) is 2.85. The lowest BCUT2D eigenvalue weighted by atomic mass is 10.3. The Bertz CT molecular complexity index is 492. The number of anilines is 1. The van der Waals surface area contributed by atoms with Crippen LogP contribution in [0.4, 0.5) is 10.1 Å². The summed E-state index contributed by atoms with van der Waals surface area (Å²) in [6.45, 7) is 2.42. The zero-order valence-electron chi connectivity index (χ0n) is 9.24. The Labute approximate surface area is 93.1 Å². The molecule has 1 N–H and O–H groups in total. The number of aromatic nitrogens is 3. The Hall–Kier alpha value is -1.91. The van der Waals surface area contributed by atoms with Crippen molar-refractivity contribution >= 4 is 5.69 Å². The van der Waals surface area contributed by atoms with Crippen LogP contribution >= 0.6 is 0 Å². The number of benzene rings is 1. The quantitative estimate of drug-likeness (QED) is 0.858. The van der Waals surface area contributed by atoms with Gasteiger partial charge in [-0.2, -0.15) is 0 Å². The zero-order valence-corrected chi connectivity index (χ0v) is 9.24. The maximum Gasteiger partial charge on any atom is 0.152 e. The highest BCUT2D eigenvalue weighted by molar-refractivity contribution is 5.43. The number of nitrogens with one attached hydrogen (secondary N) is 1. The molecule has 4 nitrogen and oxygen atoms in total. The zero-order chi connectivity index (χ0) is 11.5. The number of rotatable bonds is 3. The van der Waals surface area contributed by atoms with Crippen molar-refractivity contribution in [3.05, 3.63) is 41.7 Å². The van der Waals surface area contributed by atoms with Crippen molar-refractivity contribution in [2.75, 3.05) is 5.32 Å². The van der Waals surface area contributed by atoms with E-state index in [9.17, 15) is 4.39 Å². The van der Waals surface area contributed by atoms with Gasteiger partial charge in [-0.1, -0.05) is 6.07 Å². The molecule has 0 aliphatic rings. The number of halogens is 1. The molecule has 1 heterocycles. The van der Waals surface area contributed by atoms with E-state index in [1.54, 1.807) is 6.07 Å². The van der Waals surface area contributed by atoms with Gasteiger partial charge in [-0.3, -0.25) is 0 Å². The van der Waals surface area contributed by atoms with Crippen molar-refractivity contribution in [3.8, 4) is 0 Å². The molecule has 1 aromatic carbocycles. The average molecular weight is 220 g/mol. The Balaban J connectivity index is 2.05. The van der Waals surface area contributed by atoms with Crippen LogP contribution in [0, 0.1) is 12.7 Å². The van der Waals surface area contributed by atoms with Gasteiger partial charge in [0, 0.05) is 12.7 Å². The normalized spacial score (nSPS) is 10.4. The van der Waals surface area contributed by atoms with Crippen molar-refractivity contribution < 1.29 is 4.39 Å². The fourth-order valence-electron chi connectivity index (χ4n) is 1.38. The van der Waals surface area contributed by atoms with Gasteiger partial charge in [0.05, 0.1) is 6.54 Å². The molecule has 0 saturated carbocycles. The van der Waals surface area contributed by atoms with Gasteiger partial charge in [-0.25, -0.2) is 4.39 Å². The van der Waals surface area contributed by atoms with E-state index in [4.69, 9.17) is 0 Å². The highest BCUT2D eigenvalue weighted by Gasteiger charge is 2.04. The van der Waals surface area contributed by atoms with Crippen LogP contribution in [0.3, 0.4) is 0 Å². The van der Waals surface area contributed by atoms with E-state index in [0.29, 0.717) is 6.54 Å². The third-order valence-corrected chi connectivity index (χ3v) is 2.46. The van der Waals surface area contributed by atoms with Gasteiger partial charge in [0.1, 0.15) is 11.6 Å². The predicted octanol–water partition coefficient (Wildman–Crippen LogP) is 1.87. The van der Waals surface area contributed by atoms with Gasteiger partial charge in [0.2, 0.25) is 0 Å². The highest BCUT2D eigenvalue weighted by Crippen LogP contribution is 2.10. The molecule has 0 saturated heterocycles. The first-order valence-electron chi connectivity index (χ1n) is 5.01. The minimum absolute atomic E-state index is 0.251. The molecule has 0 aliphatic heterocycles. The molecule has 0 fully saturated rings. The second kappa shape index (κ2) is 4.30. The average Bonchev–Trinajstić information content (AvgIpc) is 2.57. The van der Waals surface area contributed by atoms with Gasteiger partial charge in [-0.15, -0.1) is 10.2 Å². The summed E-state index contributed by atoms with van der Waals surface area (Å²) in [5, 5.41) is 11.0. The minimum atomic E-state index is -0.251. The molecule has 0 amide bonds. The summed E-state index contributed by atoms with van der Waals surface area (Å²) < 4.78 is 14.8. The molecule has 84 valence electrons. The second-order valence-corrected chi connectivity index (χ2v) is 3.59. The Morgan fingerprint density at radius 2 is 2.19 bits per heavy atom. The Morgan fingerprint density at radius 3 is 2.81 bits per heavy atom. The standard InChI is InChI=1S/C11H13FN4/c1-8-14-15-11(16(8)2)7-13-10-5-3-4-9(12)6-10/h3-6,13H,7H2,1-2H3. The summed E-state index contributed by atoms with van der Waals surface area (Å²) in [6.07, 6.45) is 0. The fraction of sp³-hybridized carbons (Fsp3) is 0.273. The lowest BCUT2D eigenvalue weighted by molar-refractivity contribution is 0.628. The molecular formula is C11H13FN4. The van der Waals surface area contributed by atoms with Crippen LogP contribution in [-0.4, -0.2) is 14.8 Å². The molecule has 16 heavy (non-hydrogen) atoms. The predicted molar refractivity (Wildman–Crippen MR) is 59.5 cm³/mol. The second-order valence-electron chi connectivity index (χ2n) is 3.59. The van der Waals surface area contributed by atoms with Crippen LogP contribution in [0.15, 0.2) is 24.3 Å². The van der Waals surface area contributed by atoms with Crippen molar-refractivity contribution in [1.29, 1.82) is 0 Å². The third-order valence-electron chi connectivity index (χ3n) is 2.46. The molecule has 0 atom stereocenters. The number of hydrogen-bond acceptors (Lipinski definition) is 3. The highest BCUT2D eigenvalue weighted by atomic mass is 19.1. The lowest BCUT2D eigenvalue weighted by Gasteiger charge is -2.05. The van der Waals surface area contributed by atoms with Crippen LogP contribution in [0.5, 0.6) is 0 Å². The molecule has 0 bridgehead atoms. The summed E-state index contributed by atoms with van der Waals surface area (Å²) >= 11 is 0. The van der Waals surface area contributed by atoms with E-state index < -0.39 is 0 Å². The van der Waals surface area contributed by atoms with Gasteiger partial charge in [0.25, 0.3) is 0 Å². The molecule has 2 aromatic rings. The smallest absolute Gasteiger partial charge is 0.152 e. The molecule has 2 rings (SSSR count). The summed E-state index contributed by atoms with van der Waals surface area (Å²) in [7, 11) is 1.90. The SMILES string of the molecule is Cc1nnc(CNc2cccc(F)c2)n1C. The largest absolute Gasteiger partial charge is 0.378 e. The first kappa shape index (κ1) is 10.6. The van der Waals surface area contributed by atoms with E-state index in [2.05, 4.69) is 15.5 Å². The van der Waals surface area contributed by atoms with Crippen molar-refractivity contribution in [3.63, 3.8) is 0 Å². The number of nitrogens with zero attached hydrogens (tertiary/aromatic N) is 3. The first-order valence-corrected chi connectivity index (χ1v) is 5.01. The number of aryl methyl sites for hydroxylation is 1. The molecule has 1 aromatic heterocycles. The van der Waals surface area contributed by atoms with Crippen molar-refractivity contribution in [1.82, 2.24) is 14.8 Å². The van der Waals surface area contributed by atoms with Crippen molar-refractivity contribution in [2.24, 2.45) is 7.05 Å². The van der Waals surface area contributed by atoms with Crippen LogP contribution in [-0.2, 0) is 13.6 Å². The van der Waals surface area contributed by atoms with Gasteiger partial charge in [0.15, 0.2) is 5.82 Å². The molecule has 0 spiro atoms. The number of hydrogen-bond donors (Lipinski definition) is 1. The van der Waals surface area contributed by atoms with E-state index in [0.717, 1.165) is 17.3 Å². The van der Waals surface area contributed by atoms with Crippen LogP contribution < -0.4 is 5.32 Å². The molecule has 0 aliphatic carbocycles. The van der Waals surface area contributed by atoms with Gasteiger partial charge < -0.3 is 9.88 Å². The van der Waals surface area contributed by atoms with Gasteiger partial charge >= 0.3 is 0 Å². The van der Waals surface area contributed by atoms with Crippen LogP contribution in [0.1, 0.15) is 11.6 Å². The van der Waals surface area contributed by atoms with E-state index in [1.807, 2.05) is 24.6 Å². The summed E-state index contributed by atoms with van der Waals surface area (Å²) in [4.78, 5) is 0.